The van der Waals surface area contributed by atoms with Crippen molar-refractivity contribution in [1.82, 2.24) is 9.62 Å². The zero-order chi connectivity index (χ0) is 21.6. The number of likely N-dealkylation sites (N-methyl/N-ethyl adjacent to an activating group) is 1. The van der Waals surface area contributed by atoms with E-state index in [1.54, 1.807) is 0 Å². The van der Waals surface area contributed by atoms with E-state index >= 15 is 0 Å². The van der Waals surface area contributed by atoms with Crippen molar-refractivity contribution in [3.8, 4) is 0 Å². The van der Waals surface area contributed by atoms with Crippen molar-refractivity contribution in [1.29, 1.82) is 0 Å². The summed E-state index contributed by atoms with van der Waals surface area (Å²) in [6.07, 6.45) is 0. The van der Waals surface area contributed by atoms with Gasteiger partial charge in [0.1, 0.15) is 6.04 Å². The average molecular weight is 439 g/mol. The Kier molecular flexibility index (Phi) is 8.22. The lowest BCUT2D eigenvalue weighted by molar-refractivity contribution is -0.927. The Morgan fingerprint density at radius 2 is 1.66 bits per heavy atom. The van der Waals surface area contributed by atoms with E-state index < -0.39 is 10.0 Å². The van der Waals surface area contributed by atoms with Gasteiger partial charge in [0.05, 0.1) is 24.5 Å². The summed E-state index contributed by atoms with van der Waals surface area (Å²) < 4.78 is 25.5. The fourth-order valence-electron chi connectivity index (χ4n) is 3.26. The standard InChI is InChI=1S/C21H28ClN3O3S/c1-5-25(6-2)20(18-9-7-8-10-19(18)22)15-23-21(26)16-11-13-17(14-12-16)29(27,28)24(3)4/h7-14,20H,5-6,15H2,1-4H3,(H,23,26)/p+1/t20-/m1/s1. The zero-order valence-electron chi connectivity index (χ0n) is 17.3. The Hall–Kier alpha value is -1.93. The van der Waals surface area contributed by atoms with E-state index in [9.17, 15) is 13.2 Å². The summed E-state index contributed by atoms with van der Waals surface area (Å²) >= 11 is 6.41. The summed E-state index contributed by atoms with van der Waals surface area (Å²) in [5, 5.41) is 3.66. The second-order valence-electron chi connectivity index (χ2n) is 6.96. The molecule has 0 saturated carbocycles. The topological polar surface area (TPSA) is 70.9 Å². The number of hydrogen-bond donors (Lipinski definition) is 2. The minimum absolute atomic E-state index is 0.0241. The molecule has 6 nitrogen and oxygen atoms in total. The molecule has 1 atom stereocenters. The minimum Gasteiger partial charge on any atom is -0.346 e. The van der Waals surface area contributed by atoms with Crippen molar-refractivity contribution in [3.63, 3.8) is 0 Å². The van der Waals surface area contributed by atoms with E-state index in [4.69, 9.17) is 11.6 Å². The number of halogens is 1. The quantitative estimate of drug-likeness (QED) is 0.629. The Balaban J connectivity index is 2.17. The summed E-state index contributed by atoms with van der Waals surface area (Å²) in [5.41, 5.74) is 1.41. The van der Waals surface area contributed by atoms with Crippen LogP contribution >= 0.6 is 11.6 Å². The highest BCUT2D eigenvalue weighted by Gasteiger charge is 2.25. The van der Waals surface area contributed by atoms with E-state index in [0.29, 0.717) is 17.1 Å². The van der Waals surface area contributed by atoms with Gasteiger partial charge in [0.15, 0.2) is 0 Å². The molecule has 0 aliphatic rings. The van der Waals surface area contributed by atoms with Gasteiger partial charge in [0.2, 0.25) is 10.0 Å². The number of quaternary nitrogens is 1. The van der Waals surface area contributed by atoms with Crippen LogP contribution in [0.4, 0.5) is 0 Å². The van der Waals surface area contributed by atoms with Gasteiger partial charge in [-0.3, -0.25) is 4.79 Å². The van der Waals surface area contributed by atoms with Gasteiger partial charge in [-0.2, -0.15) is 0 Å². The molecule has 0 radical (unpaired) electrons. The maximum absolute atomic E-state index is 12.6. The molecular formula is C21H29ClN3O3S+. The second kappa shape index (κ2) is 10.2. The van der Waals surface area contributed by atoms with Crippen molar-refractivity contribution in [3.05, 3.63) is 64.7 Å². The van der Waals surface area contributed by atoms with Crippen molar-refractivity contribution in [2.45, 2.75) is 24.8 Å². The minimum atomic E-state index is -3.52. The lowest BCUT2D eigenvalue weighted by Gasteiger charge is -2.28. The molecule has 0 aliphatic carbocycles. The van der Waals surface area contributed by atoms with Gasteiger partial charge in [-0.25, -0.2) is 12.7 Å². The predicted octanol–water partition coefficient (Wildman–Crippen LogP) is 1.99. The zero-order valence-corrected chi connectivity index (χ0v) is 18.8. The molecule has 0 fully saturated rings. The van der Waals surface area contributed by atoms with Gasteiger partial charge >= 0.3 is 0 Å². The van der Waals surface area contributed by atoms with E-state index in [2.05, 4.69) is 19.2 Å². The highest BCUT2D eigenvalue weighted by molar-refractivity contribution is 7.89. The number of sulfonamides is 1. The van der Waals surface area contributed by atoms with Crippen LogP contribution in [0.1, 0.15) is 35.8 Å². The number of hydrogen-bond acceptors (Lipinski definition) is 3. The summed E-state index contributed by atoms with van der Waals surface area (Å²) in [6.45, 7) is 6.44. The molecule has 8 heteroatoms. The summed E-state index contributed by atoms with van der Waals surface area (Å²) in [4.78, 5) is 14.1. The van der Waals surface area contributed by atoms with Crippen LogP contribution in [0.2, 0.25) is 5.02 Å². The monoisotopic (exact) mass is 438 g/mol. The van der Waals surface area contributed by atoms with Crippen LogP contribution < -0.4 is 10.2 Å². The third kappa shape index (κ3) is 5.57. The molecule has 158 valence electrons. The maximum atomic E-state index is 12.6. The average Bonchev–Trinajstić information content (AvgIpc) is 2.71. The fourth-order valence-corrected chi connectivity index (χ4v) is 4.43. The first kappa shape index (κ1) is 23.3. The number of nitrogens with one attached hydrogen (secondary N) is 2. The lowest BCUT2D eigenvalue weighted by atomic mass is 10.0. The van der Waals surface area contributed by atoms with Gasteiger partial charge in [0, 0.05) is 30.2 Å². The molecule has 0 heterocycles. The molecular weight excluding hydrogens is 410 g/mol. The Labute approximate surface area is 178 Å². The van der Waals surface area contributed by atoms with Crippen LogP contribution in [-0.4, -0.2) is 52.4 Å². The largest absolute Gasteiger partial charge is 0.346 e. The van der Waals surface area contributed by atoms with Crippen LogP contribution in [0.15, 0.2) is 53.4 Å². The molecule has 2 aromatic carbocycles. The summed E-state index contributed by atoms with van der Waals surface area (Å²) in [7, 11) is -0.575. The van der Waals surface area contributed by atoms with Gasteiger partial charge in [-0.1, -0.05) is 29.8 Å². The van der Waals surface area contributed by atoms with Gasteiger partial charge in [-0.05, 0) is 44.2 Å². The second-order valence-corrected chi connectivity index (χ2v) is 9.52. The molecule has 0 saturated heterocycles. The van der Waals surface area contributed by atoms with E-state index in [0.717, 1.165) is 23.0 Å². The number of carbonyl (C=O) groups excluding carboxylic acids is 1. The molecule has 29 heavy (non-hydrogen) atoms. The van der Waals surface area contributed by atoms with Crippen molar-refractivity contribution in [2.75, 3.05) is 33.7 Å². The van der Waals surface area contributed by atoms with Crippen LogP contribution in [0.25, 0.3) is 0 Å². The molecule has 1 amide bonds. The van der Waals surface area contributed by atoms with Gasteiger partial charge in [0.25, 0.3) is 5.91 Å². The van der Waals surface area contributed by atoms with Crippen LogP contribution in [0.3, 0.4) is 0 Å². The lowest BCUT2D eigenvalue weighted by Crippen LogP contribution is -3.12. The molecule has 0 spiro atoms. The Bertz CT molecular complexity index is 926. The Morgan fingerprint density at radius 3 is 2.17 bits per heavy atom. The molecule has 0 unspecified atom stereocenters. The van der Waals surface area contributed by atoms with Gasteiger partial charge < -0.3 is 10.2 Å². The SMILES string of the molecule is CC[NH+](CC)[C@H](CNC(=O)c1ccc(S(=O)(=O)N(C)C)cc1)c1ccccc1Cl. The van der Waals surface area contributed by atoms with E-state index in [1.807, 2.05) is 24.3 Å². The molecule has 0 aliphatic heterocycles. The Morgan fingerprint density at radius 1 is 1.07 bits per heavy atom. The third-order valence-electron chi connectivity index (χ3n) is 5.04. The number of amides is 1. The number of nitrogens with zero attached hydrogens (tertiary/aromatic N) is 1. The summed E-state index contributed by atoms with van der Waals surface area (Å²) in [6, 6.07) is 13.7. The van der Waals surface area contributed by atoms with E-state index in [1.165, 1.54) is 43.3 Å². The number of benzene rings is 2. The van der Waals surface area contributed by atoms with Crippen LogP contribution in [-0.2, 0) is 10.0 Å². The molecule has 2 aromatic rings. The summed E-state index contributed by atoms with van der Waals surface area (Å²) in [5.74, 6) is -0.248. The molecule has 0 bridgehead atoms. The van der Waals surface area contributed by atoms with Crippen molar-refractivity contribution >= 4 is 27.5 Å². The van der Waals surface area contributed by atoms with Crippen LogP contribution in [0, 0.1) is 0 Å². The molecule has 2 rings (SSSR count). The van der Waals surface area contributed by atoms with E-state index in [-0.39, 0.29) is 16.8 Å². The first-order valence-electron chi connectivity index (χ1n) is 9.62. The number of carbonyl (C=O) groups is 1. The first-order valence-corrected chi connectivity index (χ1v) is 11.4. The highest BCUT2D eigenvalue weighted by atomic mass is 35.5. The first-order chi connectivity index (χ1) is 13.7. The predicted molar refractivity (Wildman–Crippen MR) is 116 cm³/mol. The smallest absolute Gasteiger partial charge is 0.251 e. The third-order valence-corrected chi connectivity index (χ3v) is 7.22. The number of rotatable bonds is 9. The van der Waals surface area contributed by atoms with Crippen LogP contribution in [0.5, 0.6) is 0 Å². The van der Waals surface area contributed by atoms with Gasteiger partial charge in [-0.15, -0.1) is 0 Å². The molecule has 2 N–H and O–H groups in total. The molecule has 0 aromatic heterocycles. The maximum Gasteiger partial charge on any atom is 0.251 e. The highest BCUT2D eigenvalue weighted by Crippen LogP contribution is 2.21. The fraction of sp³-hybridized carbons (Fsp3) is 0.381. The normalized spacial score (nSPS) is 12.9. The van der Waals surface area contributed by atoms with Crippen molar-refractivity contribution in [2.24, 2.45) is 0 Å². The van der Waals surface area contributed by atoms with Crippen molar-refractivity contribution < 1.29 is 18.1 Å².